The molecular formula is C12H19N3O4S. The van der Waals surface area contributed by atoms with Crippen LogP contribution in [-0.4, -0.2) is 25.9 Å². The largest absolute Gasteiger partial charge is 0.329 e. The van der Waals surface area contributed by atoms with E-state index in [1.165, 1.54) is 12.1 Å². The van der Waals surface area contributed by atoms with Crippen molar-refractivity contribution in [2.24, 2.45) is 5.73 Å². The summed E-state index contributed by atoms with van der Waals surface area (Å²) in [4.78, 5) is 9.95. The topological polar surface area (TPSA) is 115 Å². The first kappa shape index (κ1) is 16.5. The van der Waals surface area contributed by atoms with E-state index in [0.717, 1.165) is 25.0 Å². The number of nitrogens with zero attached hydrogens (tertiary/aromatic N) is 1. The molecule has 8 heteroatoms. The third-order valence-electron chi connectivity index (χ3n) is 2.87. The van der Waals surface area contributed by atoms with Gasteiger partial charge in [0.05, 0.1) is 9.82 Å². The van der Waals surface area contributed by atoms with Gasteiger partial charge in [-0.2, -0.15) is 0 Å². The van der Waals surface area contributed by atoms with Crippen molar-refractivity contribution >= 4 is 15.7 Å². The van der Waals surface area contributed by atoms with E-state index in [-0.39, 0.29) is 23.2 Å². The van der Waals surface area contributed by atoms with E-state index in [1.807, 2.05) is 6.92 Å². The van der Waals surface area contributed by atoms with Crippen molar-refractivity contribution in [2.75, 3.05) is 6.54 Å². The lowest BCUT2D eigenvalue weighted by Gasteiger charge is -2.16. The van der Waals surface area contributed by atoms with Crippen molar-refractivity contribution < 1.29 is 13.3 Å². The Labute approximate surface area is 118 Å². The Morgan fingerprint density at radius 1 is 1.35 bits per heavy atom. The van der Waals surface area contributed by atoms with E-state index < -0.39 is 14.9 Å². The number of benzene rings is 1. The molecule has 112 valence electrons. The van der Waals surface area contributed by atoms with Gasteiger partial charge in [-0.3, -0.25) is 10.1 Å². The minimum atomic E-state index is -3.70. The van der Waals surface area contributed by atoms with Crippen LogP contribution in [0.5, 0.6) is 0 Å². The molecule has 0 saturated carbocycles. The van der Waals surface area contributed by atoms with Crippen molar-refractivity contribution in [1.82, 2.24) is 4.72 Å². The Hall–Kier alpha value is -1.51. The molecule has 1 aromatic rings. The van der Waals surface area contributed by atoms with Gasteiger partial charge < -0.3 is 5.73 Å². The second-order valence-electron chi connectivity index (χ2n) is 4.45. The standard InChI is InChI=1S/C12H19N3O4S/c1-2-3-4-10(9-13)14-20(18,19)12-7-5-11(6-8-12)15(16)17/h5-8,10,14H,2-4,9,13H2,1H3. The second-order valence-corrected chi connectivity index (χ2v) is 6.16. The summed E-state index contributed by atoms with van der Waals surface area (Å²) >= 11 is 0. The molecule has 0 radical (unpaired) electrons. The molecule has 3 N–H and O–H groups in total. The van der Waals surface area contributed by atoms with Gasteiger partial charge in [0.2, 0.25) is 10.0 Å². The van der Waals surface area contributed by atoms with Crippen molar-refractivity contribution in [3.63, 3.8) is 0 Å². The summed E-state index contributed by atoms with van der Waals surface area (Å²) in [6.45, 7) is 2.23. The van der Waals surface area contributed by atoms with E-state index in [0.29, 0.717) is 6.42 Å². The second kappa shape index (κ2) is 7.32. The van der Waals surface area contributed by atoms with Gasteiger partial charge in [0.25, 0.3) is 5.69 Å². The molecule has 0 heterocycles. The molecule has 0 aliphatic carbocycles. The Balaban J connectivity index is 2.84. The van der Waals surface area contributed by atoms with Crippen LogP contribution in [0.2, 0.25) is 0 Å². The van der Waals surface area contributed by atoms with Crippen LogP contribution < -0.4 is 10.5 Å². The number of non-ortho nitro benzene ring substituents is 1. The van der Waals surface area contributed by atoms with Gasteiger partial charge in [-0.1, -0.05) is 19.8 Å². The van der Waals surface area contributed by atoms with E-state index >= 15 is 0 Å². The monoisotopic (exact) mass is 301 g/mol. The van der Waals surface area contributed by atoms with Crippen LogP contribution in [-0.2, 0) is 10.0 Å². The number of nitro groups is 1. The lowest BCUT2D eigenvalue weighted by molar-refractivity contribution is -0.384. The Morgan fingerprint density at radius 3 is 2.40 bits per heavy atom. The van der Waals surface area contributed by atoms with Crippen LogP contribution in [0.15, 0.2) is 29.2 Å². The average Bonchev–Trinajstić information content (AvgIpc) is 2.43. The molecule has 1 aromatic carbocycles. The lowest BCUT2D eigenvalue weighted by Crippen LogP contribution is -2.40. The molecule has 0 amide bonds. The number of sulfonamides is 1. The maximum atomic E-state index is 12.1. The molecule has 20 heavy (non-hydrogen) atoms. The highest BCUT2D eigenvalue weighted by Gasteiger charge is 2.19. The highest BCUT2D eigenvalue weighted by molar-refractivity contribution is 7.89. The van der Waals surface area contributed by atoms with Gasteiger partial charge in [-0.05, 0) is 18.6 Å². The summed E-state index contributed by atoms with van der Waals surface area (Å²) in [6, 6.07) is 4.44. The number of unbranched alkanes of at least 4 members (excludes halogenated alkanes) is 1. The number of nitro benzene ring substituents is 1. The summed E-state index contributed by atoms with van der Waals surface area (Å²) in [5.41, 5.74) is 5.40. The fourth-order valence-corrected chi connectivity index (χ4v) is 2.99. The first-order chi connectivity index (χ1) is 9.40. The minimum Gasteiger partial charge on any atom is -0.329 e. The lowest BCUT2D eigenvalue weighted by atomic mass is 10.1. The predicted octanol–water partition coefficient (Wildman–Crippen LogP) is 1.39. The fraction of sp³-hybridized carbons (Fsp3) is 0.500. The molecule has 0 aromatic heterocycles. The number of hydrogen-bond donors (Lipinski definition) is 2. The zero-order chi connectivity index (χ0) is 15.2. The molecule has 0 aliphatic rings. The maximum Gasteiger partial charge on any atom is 0.269 e. The molecule has 1 rings (SSSR count). The van der Waals surface area contributed by atoms with Gasteiger partial charge in [0.1, 0.15) is 0 Å². The van der Waals surface area contributed by atoms with Crippen LogP contribution in [0.4, 0.5) is 5.69 Å². The third kappa shape index (κ3) is 4.55. The molecule has 1 atom stereocenters. The third-order valence-corrected chi connectivity index (χ3v) is 4.41. The smallest absolute Gasteiger partial charge is 0.269 e. The van der Waals surface area contributed by atoms with E-state index in [9.17, 15) is 18.5 Å². The van der Waals surface area contributed by atoms with Crippen LogP contribution >= 0.6 is 0 Å². The predicted molar refractivity (Wildman–Crippen MR) is 75.8 cm³/mol. The summed E-state index contributed by atoms with van der Waals surface area (Å²) in [5.74, 6) is 0. The molecule has 0 bridgehead atoms. The molecular weight excluding hydrogens is 282 g/mol. The Bertz CT molecular complexity index is 542. The molecule has 0 fully saturated rings. The van der Waals surface area contributed by atoms with E-state index in [4.69, 9.17) is 5.73 Å². The van der Waals surface area contributed by atoms with Gasteiger partial charge in [0.15, 0.2) is 0 Å². The number of hydrogen-bond acceptors (Lipinski definition) is 5. The highest BCUT2D eigenvalue weighted by Crippen LogP contribution is 2.16. The fourth-order valence-electron chi connectivity index (χ4n) is 1.71. The van der Waals surface area contributed by atoms with Crippen molar-refractivity contribution in [3.8, 4) is 0 Å². The summed E-state index contributed by atoms with van der Waals surface area (Å²) < 4.78 is 26.7. The first-order valence-electron chi connectivity index (χ1n) is 6.37. The minimum absolute atomic E-state index is 0.00181. The summed E-state index contributed by atoms with van der Waals surface area (Å²) in [6.07, 6.45) is 2.50. The van der Waals surface area contributed by atoms with Gasteiger partial charge in [0, 0.05) is 24.7 Å². The maximum absolute atomic E-state index is 12.1. The van der Waals surface area contributed by atoms with Crippen LogP contribution in [0.25, 0.3) is 0 Å². The van der Waals surface area contributed by atoms with Gasteiger partial charge >= 0.3 is 0 Å². The normalized spacial score (nSPS) is 13.1. The number of nitrogens with one attached hydrogen (secondary N) is 1. The van der Waals surface area contributed by atoms with Crippen molar-refractivity contribution in [2.45, 2.75) is 37.1 Å². The zero-order valence-corrected chi connectivity index (χ0v) is 12.1. The Morgan fingerprint density at radius 2 is 1.95 bits per heavy atom. The summed E-state index contributed by atoms with van der Waals surface area (Å²) in [7, 11) is -3.70. The Kier molecular flexibility index (Phi) is 6.05. The average molecular weight is 301 g/mol. The van der Waals surface area contributed by atoms with Gasteiger partial charge in [-0.15, -0.1) is 0 Å². The SMILES string of the molecule is CCCCC(CN)NS(=O)(=O)c1ccc([N+](=O)[O-])cc1. The van der Waals surface area contributed by atoms with Crippen molar-refractivity contribution in [1.29, 1.82) is 0 Å². The molecule has 0 spiro atoms. The van der Waals surface area contributed by atoms with Crippen molar-refractivity contribution in [3.05, 3.63) is 34.4 Å². The molecule has 7 nitrogen and oxygen atoms in total. The zero-order valence-electron chi connectivity index (χ0n) is 11.3. The molecule has 0 saturated heterocycles. The number of nitrogens with two attached hydrogens (primary N) is 1. The highest BCUT2D eigenvalue weighted by atomic mass is 32.2. The van der Waals surface area contributed by atoms with E-state index in [2.05, 4.69) is 4.72 Å². The number of rotatable bonds is 8. The van der Waals surface area contributed by atoms with Crippen LogP contribution in [0.1, 0.15) is 26.2 Å². The molecule has 1 unspecified atom stereocenters. The first-order valence-corrected chi connectivity index (χ1v) is 7.86. The molecule has 0 aliphatic heterocycles. The van der Waals surface area contributed by atoms with Crippen LogP contribution in [0.3, 0.4) is 0 Å². The van der Waals surface area contributed by atoms with Gasteiger partial charge in [-0.25, -0.2) is 13.1 Å². The van der Waals surface area contributed by atoms with Crippen LogP contribution in [0, 0.1) is 10.1 Å². The summed E-state index contributed by atoms with van der Waals surface area (Å²) in [5, 5.41) is 10.5. The quantitative estimate of drug-likeness (QED) is 0.556. The van der Waals surface area contributed by atoms with E-state index in [1.54, 1.807) is 0 Å².